The van der Waals surface area contributed by atoms with Crippen molar-refractivity contribution in [3.63, 3.8) is 0 Å². The Kier molecular flexibility index (Phi) is 3.28. The molecule has 0 aromatic carbocycles. The summed E-state index contributed by atoms with van der Waals surface area (Å²) in [6.07, 6.45) is 0. The van der Waals surface area contributed by atoms with Gasteiger partial charge in [0.2, 0.25) is 11.8 Å². The molecule has 0 spiro atoms. The van der Waals surface area contributed by atoms with E-state index in [4.69, 9.17) is 11.6 Å². The van der Waals surface area contributed by atoms with Crippen molar-refractivity contribution in [2.45, 2.75) is 5.57 Å². The molecule has 0 aliphatic heterocycles. The Morgan fingerprint density at radius 3 is 2.64 bits per heavy atom. The number of hydrogen-bond acceptors (Lipinski definition) is 4. The summed E-state index contributed by atoms with van der Waals surface area (Å²) in [6.45, 7) is 0. The average molecular weight is 244 g/mol. The van der Waals surface area contributed by atoms with Crippen LogP contribution in [0, 0.1) is 0 Å². The summed E-state index contributed by atoms with van der Waals surface area (Å²) in [6, 6.07) is 1.03. The summed E-state index contributed by atoms with van der Waals surface area (Å²) in [5.41, 5.74) is -3.82. The van der Waals surface area contributed by atoms with Crippen molar-refractivity contribution < 1.29 is 13.5 Å². The highest BCUT2D eigenvalue weighted by molar-refractivity contribution is 6.29. The van der Waals surface area contributed by atoms with Crippen LogP contribution in [0.4, 0.5) is 14.7 Å². The van der Waals surface area contributed by atoms with Gasteiger partial charge >= 0.3 is 5.57 Å². The lowest BCUT2D eigenvalue weighted by atomic mass is 10.6. The molecule has 4 nitrogen and oxygen atoms in total. The SMILES string of the molecule is CNc1nc(Cl)cc(OC(F)(F)Cl)n1. The molecule has 1 aromatic heterocycles. The van der Waals surface area contributed by atoms with Crippen LogP contribution in [0.3, 0.4) is 0 Å². The van der Waals surface area contributed by atoms with Gasteiger partial charge < -0.3 is 10.1 Å². The normalized spacial score (nSPS) is 11.2. The van der Waals surface area contributed by atoms with Crippen molar-refractivity contribution in [1.82, 2.24) is 9.97 Å². The topological polar surface area (TPSA) is 47.0 Å². The van der Waals surface area contributed by atoms with E-state index in [1.54, 1.807) is 0 Å². The summed E-state index contributed by atoms with van der Waals surface area (Å²) >= 11 is 10.0. The van der Waals surface area contributed by atoms with Gasteiger partial charge in [-0.15, -0.1) is 8.78 Å². The van der Waals surface area contributed by atoms with Crippen LogP contribution < -0.4 is 10.1 Å². The lowest BCUT2D eigenvalue weighted by Crippen LogP contribution is -2.17. The fourth-order valence-corrected chi connectivity index (χ4v) is 0.932. The van der Waals surface area contributed by atoms with Gasteiger partial charge in [-0.3, -0.25) is 0 Å². The van der Waals surface area contributed by atoms with Gasteiger partial charge in [-0.1, -0.05) is 11.6 Å². The molecule has 0 saturated carbocycles. The number of hydrogen-bond donors (Lipinski definition) is 1. The van der Waals surface area contributed by atoms with Crippen molar-refractivity contribution in [2.24, 2.45) is 0 Å². The summed E-state index contributed by atoms with van der Waals surface area (Å²) in [4.78, 5) is 7.20. The second kappa shape index (κ2) is 4.10. The largest absolute Gasteiger partial charge is 0.488 e. The van der Waals surface area contributed by atoms with E-state index in [2.05, 4.69) is 31.6 Å². The van der Waals surface area contributed by atoms with Gasteiger partial charge in [0, 0.05) is 24.7 Å². The molecule has 14 heavy (non-hydrogen) atoms. The number of alkyl halides is 3. The van der Waals surface area contributed by atoms with Crippen molar-refractivity contribution in [3.8, 4) is 5.88 Å². The predicted octanol–water partition coefficient (Wildman–Crippen LogP) is 2.34. The highest BCUT2D eigenvalue weighted by Gasteiger charge is 2.28. The Bertz CT molecular complexity index is 331. The molecule has 0 bridgehead atoms. The molecule has 8 heteroatoms. The first-order valence-corrected chi connectivity index (χ1v) is 4.14. The quantitative estimate of drug-likeness (QED) is 0.654. The molecule has 0 amide bonds. The summed E-state index contributed by atoms with van der Waals surface area (Å²) in [5.74, 6) is -0.345. The van der Waals surface area contributed by atoms with Crippen molar-refractivity contribution in [2.75, 3.05) is 12.4 Å². The summed E-state index contributed by atoms with van der Waals surface area (Å²) in [7, 11) is 1.51. The van der Waals surface area contributed by atoms with Gasteiger partial charge in [0.15, 0.2) is 0 Å². The first-order valence-electron chi connectivity index (χ1n) is 3.39. The van der Waals surface area contributed by atoms with E-state index >= 15 is 0 Å². The second-order valence-corrected chi connectivity index (χ2v) is 2.98. The van der Waals surface area contributed by atoms with Gasteiger partial charge in [-0.05, 0) is 0 Å². The zero-order valence-electron chi connectivity index (χ0n) is 6.89. The van der Waals surface area contributed by atoms with Gasteiger partial charge in [-0.2, -0.15) is 4.98 Å². The van der Waals surface area contributed by atoms with Crippen molar-refractivity contribution >= 4 is 29.2 Å². The Hall–Kier alpha value is -0.880. The third kappa shape index (κ3) is 3.47. The van der Waals surface area contributed by atoms with Crippen LogP contribution in [0.15, 0.2) is 6.07 Å². The van der Waals surface area contributed by atoms with Gasteiger partial charge in [-0.25, -0.2) is 4.98 Å². The Morgan fingerprint density at radius 1 is 1.50 bits per heavy atom. The molecule has 0 fully saturated rings. The fourth-order valence-electron chi connectivity index (χ4n) is 0.680. The Morgan fingerprint density at radius 2 is 2.14 bits per heavy atom. The Balaban J connectivity index is 2.92. The third-order valence-electron chi connectivity index (χ3n) is 1.12. The average Bonchev–Trinajstić information content (AvgIpc) is 1.99. The minimum absolute atomic E-state index is 0.0275. The maximum atomic E-state index is 12.2. The summed E-state index contributed by atoms with van der Waals surface area (Å²) in [5, 5.41) is 2.49. The number of anilines is 1. The van der Waals surface area contributed by atoms with Crippen LogP contribution in [-0.4, -0.2) is 22.6 Å². The standard InChI is InChI=1S/C6H5Cl2F2N3O/c1-11-5-12-3(7)2-4(13-5)14-6(8,9)10/h2H,1H3,(H,11,12,13). The molecule has 0 aliphatic carbocycles. The van der Waals surface area contributed by atoms with Gasteiger partial charge in [0.25, 0.3) is 0 Å². The lowest BCUT2D eigenvalue weighted by Gasteiger charge is -2.10. The van der Waals surface area contributed by atoms with Crippen molar-refractivity contribution in [3.05, 3.63) is 11.2 Å². The maximum Gasteiger partial charge on any atom is 0.488 e. The Labute approximate surface area is 88.2 Å². The van der Waals surface area contributed by atoms with Crippen LogP contribution in [0.2, 0.25) is 5.15 Å². The maximum absolute atomic E-state index is 12.2. The van der Waals surface area contributed by atoms with Crippen LogP contribution in [0.1, 0.15) is 0 Å². The lowest BCUT2D eigenvalue weighted by molar-refractivity contribution is -0.0991. The number of aromatic nitrogens is 2. The second-order valence-electron chi connectivity index (χ2n) is 2.15. The number of nitrogens with zero attached hydrogens (tertiary/aromatic N) is 2. The molecule has 1 heterocycles. The highest BCUT2D eigenvalue weighted by atomic mass is 35.5. The summed E-state index contributed by atoms with van der Waals surface area (Å²) < 4.78 is 28.4. The van der Waals surface area contributed by atoms with E-state index in [9.17, 15) is 8.78 Å². The molecule has 78 valence electrons. The van der Waals surface area contributed by atoms with E-state index in [1.165, 1.54) is 7.05 Å². The van der Waals surface area contributed by atoms with Crippen LogP contribution in [-0.2, 0) is 0 Å². The molecule has 0 atom stereocenters. The zero-order chi connectivity index (χ0) is 10.8. The minimum Gasteiger partial charge on any atom is -0.402 e. The molecule has 0 unspecified atom stereocenters. The van der Waals surface area contributed by atoms with Crippen molar-refractivity contribution in [1.29, 1.82) is 0 Å². The van der Waals surface area contributed by atoms with E-state index < -0.39 is 11.4 Å². The van der Waals surface area contributed by atoms with Gasteiger partial charge in [0.05, 0.1) is 0 Å². The van der Waals surface area contributed by atoms with Gasteiger partial charge in [0.1, 0.15) is 5.15 Å². The smallest absolute Gasteiger partial charge is 0.402 e. The zero-order valence-corrected chi connectivity index (χ0v) is 8.40. The molecule has 1 rings (SSSR count). The third-order valence-corrected chi connectivity index (χ3v) is 1.39. The molecule has 0 aliphatic rings. The first-order chi connectivity index (χ1) is 6.40. The molecular weight excluding hydrogens is 239 g/mol. The van der Waals surface area contributed by atoms with Crippen LogP contribution in [0.25, 0.3) is 0 Å². The number of halogens is 4. The minimum atomic E-state index is -3.82. The highest BCUT2D eigenvalue weighted by Crippen LogP contribution is 2.25. The number of nitrogens with one attached hydrogen (secondary N) is 1. The fraction of sp³-hybridized carbons (Fsp3) is 0.333. The van der Waals surface area contributed by atoms with E-state index in [0.717, 1.165) is 6.07 Å². The monoisotopic (exact) mass is 243 g/mol. The molecule has 0 saturated heterocycles. The number of rotatable bonds is 3. The molecule has 0 radical (unpaired) electrons. The molecule has 1 aromatic rings. The van der Waals surface area contributed by atoms with E-state index in [0.29, 0.717) is 0 Å². The number of ether oxygens (including phenoxy) is 1. The first kappa shape index (κ1) is 11.2. The van der Waals surface area contributed by atoms with E-state index in [-0.39, 0.29) is 11.1 Å². The predicted molar refractivity (Wildman–Crippen MR) is 48.0 cm³/mol. The molecule has 1 N–H and O–H groups in total. The van der Waals surface area contributed by atoms with Crippen LogP contribution in [0.5, 0.6) is 5.88 Å². The van der Waals surface area contributed by atoms with E-state index in [1.807, 2.05) is 0 Å². The van der Waals surface area contributed by atoms with Crippen LogP contribution >= 0.6 is 23.2 Å². The molecular formula is C6H5Cl2F2N3O.